The molecule has 42 heavy (non-hydrogen) atoms. The molecule has 8 heteroatoms. The van der Waals surface area contributed by atoms with Gasteiger partial charge in [-0.05, 0) is 46.0 Å². The van der Waals surface area contributed by atoms with Crippen LogP contribution in [0.4, 0.5) is 0 Å². The highest BCUT2D eigenvalue weighted by molar-refractivity contribution is 5.92. The van der Waals surface area contributed by atoms with Crippen molar-refractivity contribution in [2.45, 2.75) is 38.0 Å². The predicted octanol–water partition coefficient (Wildman–Crippen LogP) is 3.98. The number of fused-ring (bicyclic) bond motifs is 2. The van der Waals surface area contributed by atoms with Crippen LogP contribution in [-0.2, 0) is 33.8 Å². The number of benzene rings is 4. The maximum Gasteiger partial charge on any atom is 0.246 e. The van der Waals surface area contributed by atoms with Gasteiger partial charge in [0.2, 0.25) is 17.7 Å². The number of carbonyl (C=O) groups excluding carboxylic acids is 3. The van der Waals surface area contributed by atoms with Gasteiger partial charge in [0, 0.05) is 26.4 Å². The van der Waals surface area contributed by atoms with E-state index >= 15 is 0 Å². The van der Waals surface area contributed by atoms with Crippen molar-refractivity contribution in [1.29, 1.82) is 0 Å². The molecular weight excluding hydrogens is 528 g/mol. The van der Waals surface area contributed by atoms with Crippen LogP contribution < -0.4 is 0 Å². The Kier molecular flexibility index (Phi) is 7.63. The Bertz CT molecular complexity index is 1600. The maximum absolute atomic E-state index is 14.2. The molecule has 1 N–H and O–H groups in total. The van der Waals surface area contributed by atoms with Gasteiger partial charge in [0.25, 0.3) is 0 Å². The molecule has 4 aromatic carbocycles. The van der Waals surface area contributed by atoms with Crippen LogP contribution in [-0.4, -0.2) is 75.0 Å². The summed E-state index contributed by atoms with van der Waals surface area (Å²) in [6.07, 6.45) is 0.519. The van der Waals surface area contributed by atoms with Crippen LogP contribution in [0.25, 0.3) is 10.8 Å². The zero-order valence-electron chi connectivity index (χ0n) is 23.6. The van der Waals surface area contributed by atoms with E-state index in [2.05, 4.69) is 6.07 Å². The molecule has 0 aliphatic carbocycles. The van der Waals surface area contributed by atoms with Gasteiger partial charge in [-0.3, -0.25) is 19.4 Å². The molecule has 0 spiro atoms. The number of rotatable bonds is 7. The third kappa shape index (κ3) is 5.45. The fourth-order valence-corrected chi connectivity index (χ4v) is 6.22. The van der Waals surface area contributed by atoms with E-state index in [4.69, 9.17) is 0 Å². The monoisotopic (exact) mass is 562 g/mol. The lowest BCUT2D eigenvalue weighted by atomic mass is 9.97. The number of amides is 3. The number of phenolic OH excluding ortho intramolecular Hbond substituents is 1. The minimum atomic E-state index is -0.783. The molecule has 2 heterocycles. The van der Waals surface area contributed by atoms with Gasteiger partial charge in [0.1, 0.15) is 18.0 Å². The van der Waals surface area contributed by atoms with E-state index in [0.717, 1.165) is 27.5 Å². The minimum Gasteiger partial charge on any atom is -0.508 e. The van der Waals surface area contributed by atoms with Gasteiger partial charge in [-0.15, -0.1) is 0 Å². The van der Waals surface area contributed by atoms with E-state index in [-0.39, 0.29) is 49.4 Å². The fourth-order valence-electron chi connectivity index (χ4n) is 6.22. The summed E-state index contributed by atoms with van der Waals surface area (Å²) in [4.78, 5) is 44.9. The number of aryl methyl sites for hydroxylation is 1. The van der Waals surface area contributed by atoms with Crippen molar-refractivity contribution in [2.24, 2.45) is 0 Å². The van der Waals surface area contributed by atoms with Crippen LogP contribution in [0.15, 0.2) is 97.1 Å². The molecule has 8 nitrogen and oxygen atoms in total. The number of likely N-dealkylation sites (N-methyl/N-ethyl adjacent to an activating group) is 1. The molecule has 0 saturated carbocycles. The fraction of sp³-hybridized carbons (Fsp3) is 0.265. The van der Waals surface area contributed by atoms with Crippen molar-refractivity contribution in [3.63, 3.8) is 0 Å². The largest absolute Gasteiger partial charge is 0.508 e. The van der Waals surface area contributed by atoms with E-state index in [1.165, 1.54) is 0 Å². The quantitative estimate of drug-likeness (QED) is 0.369. The molecule has 2 atom stereocenters. The Balaban J connectivity index is 1.34. The summed E-state index contributed by atoms with van der Waals surface area (Å²) in [6, 6.07) is 29.9. The summed E-state index contributed by atoms with van der Waals surface area (Å²) >= 11 is 0. The topological polar surface area (TPSA) is 84.4 Å². The number of carbonyl (C=O) groups is 3. The zero-order chi connectivity index (χ0) is 29.2. The minimum absolute atomic E-state index is 0.0102. The Morgan fingerprint density at radius 2 is 1.57 bits per heavy atom. The van der Waals surface area contributed by atoms with Crippen molar-refractivity contribution < 1.29 is 19.5 Å². The number of hydrogen-bond donors (Lipinski definition) is 1. The summed E-state index contributed by atoms with van der Waals surface area (Å²) < 4.78 is 0. The van der Waals surface area contributed by atoms with E-state index in [0.29, 0.717) is 13.0 Å². The first-order valence-corrected chi connectivity index (χ1v) is 14.3. The van der Waals surface area contributed by atoms with Crippen LogP contribution in [0.2, 0.25) is 0 Å². The second-order valence-corrected chi connectivity index (χ2v) is 11.1. The molecule has 3 amide bonds. The first-order chi connectivity index (χ1) is 20.4. The molecule has 0 bridgehead atoms. The molecule has 0 aromatic heterocycles. The Labute approximate surface area is 245 Å². The smallest absolute Gasteiger partial charge is 0.246 e. The van der Waals surface area contributed by atoms with Gasteiger partial charge in [-0.25, -0.2) is 5.01 Å². The van der Waals surface area contributed by atoms with E-state index < -0.39 is 12.2 Å². The molecule has 2 fully saturated rings. The molecule has 2 aliphatic rings. The first kappa shape index (κ1) is 27.5. The number of phenols is 1. The molecule has 4 aromatic rings. The standard InChI is InChI=1S/C34H34N4O4/c1-35-23-33(41)37-30(20-25-14-17-28(39)18-15-25)34(42)36(21-27-12-7-11-26-10-5-6-13-29(26)27)22-31(37)38(35)32(40)19-16-24-8-3-2-4-9-24/h2-15,17-18,30-31,39H,16,19-23H2,1H3/t30-,31+/m0/s1. The molecule has 6 rings (SSSR count). The van der Waals surface area contributed by atoms with Crippen molar-refractivity contribution in [1.82, 2.24) is 19.8 Å². The van der Waals surface area contributed by atoms with E-state index in [9.17, 15) is 19.5 Å². The lowest BCUT2D eigenvalue weighted by Crippen LogP contribution is -2.75. The first-order valence-electron chi connectivity index (χ1n) is 14.3. The number of hydrogen-bond acceptors (Lipinski definition) is 5. The number of aromatic hydroxyl groups is 1. The van der Waals surface area contributed by atoms with Gasteiger partial charge in [0.05, 0.1) is 13.1 Å². The lowest BCUT2D eigenvalue weighted by molar-refractivity contribution is -0.202. The summed E-state index contributed by atoms with van der Waals surface area (Å²) in [5.74, 6) is -0.292. The SMILES string of the molecule is CN1CC(=O)N2[C@@H](CN(Cc3cccc4ccccc34)C(=O)[C@@H]2Cc2ccc(O)cc2)N1C(=O)CCc1ccccc1. The molecule has 214 valence electrons. The second kappa shape index (κ2) is 11.7. The third-order valence-corrected chi connectivity index (χ3v) is 8.27. The highest BCUT2D eigenvalue weighted by atomic mass is 16.3. The average Bonchev–Trinajstić information content (AvgIpc) is 2.99. The van der Waals surface area contributed by atoms with Gasteiger partial charge in [0.15, 0.2) is 0 Å². The zero-order valence-corrected chi connectivity index (χ0v) is 23.6. The van der Waals surface area contributed by atoms with Gasteiger partial charge in [-0.2, -0.15) is 0 Å². The van der Waals surface area contributed by atoms with Crippen LogP contribution in [0.5, 0.6) is 5.75 Å². The second-order valence-electron chi connectivity index (χ2n) is 11.1. The predicted molar refractivity (Wildman–Crippen MR) is 160 cm³/mol. The third-order valence-electron chi connectivity index (χ3n) is 8.27. The van der Waals surface area contributed by atoms with Crippen LogP contribution in [0.1, 0.15) is 23.1 Å². The summed E-state index contributed by atoms with van der Waals surface area (Å²) in [5.41, 5.74) is 2.90. The number of piperazine rings is 1. The van der Waals surface area contributed by atoms with Crippen LogP contribution >= 0.6 is 0 Å². The molecule has 2 saturated heterocycles. The molecule has 0 unspecified atom stereocenters. The van der Waals surface area contributed by atoms with Crippen LogP contribution in [0, 0.1) is 0 Å². The summed E-state index contributed by atoms with van der Waals surface area (Å²) in [6.45, 7) is 0.581. The van der Waals surface area contributed by atoms with E-state index in [1.54, 1.807) is 51.1 Å². The van der Waals surface area contributed by atoms with Gasteiger partial charge < -0.3 is 14.9 Å². The van der Waals surface area contributed by atoms with E-state index in [1.807, 2.05) is 66.7 Å². The Morgan fingerprint density at radius 1 is 0.857 bits per heavy atom. The van der Waals surface area contributed by atoms with Gasteiger partial charge >= 0.3 is 0 Å². The molecular formula is C34H34N4O4. The highest BCUT2D eigenvalue weighted by Gasteiger charge is 2.50. The summed E-state index contributed by atoms with van der Waals surface area (Å²) in [7, 11) is 1.76. The Hall–Kier alpha value is -4.69. The van der Waals surface area contributed by atoms with Crippen molar-refractivity contribution >= 4 is 28.5 Å². The van der Waals surface area contributed by atoms with Crippen molar-refractivity contribution in [3.05, 3.63) is 114 Å². The van der Waals surface area contributed by atoms with Crippen LogP contribution in [0.3, 0.4) is 0 Å². The van der Waals surface area contributed by atoms with Crippen molar-refractivity contribution in [2.75, 3.05) is 20.1 Å². The normalized spacial score (nSPS) is 19.3. The average molecular weight is 563 g/mol. The number of hydrazine groups is 1. The Morgan fingerprint density at radius 3 is 2.36 bits per heavy atom. The van der Waals surface area contributed by atoms with Gasteiger partial charge in [-0.1, -0.05) is 84.9 Å². The maximum atomic E-state index is 14.2. The number of nitrogens with zero attached hydrogens (tertiary/aromatic N) is 4. The highest BCUT2D eigenvalue weighted by Crippen LogP contribution is 2.30. The summed E-state index contributed by atoms with van der Waals surface area (Å²) in [5, 5.41) is 15.3. The molecule has 0 radical (unpaired) electrons. The molecule has 2 aliphatic heterocycles. The van der Waals surface area contributed by atoms with Crippen molar-refractivity contribution in [3.8, 4) is 5.75 Å². The lowest BCUT2D eigenvalue weighted by Gasteiger charge is -2.54.